The molecule has 0 unspecified atom stereocenters. The largest absolute Gasteiger partial charge is 0.468 e. The molecule has 1 aliphatic heterocycles. The lowest BCUT2D eigenvalue weighted by atomic mass is 9.97. The van der Waals surface area contributed by atoms with Crippen molar-refractivity contribution in [3.63, 3.8) is 0 Å². The summed E-state index contributed by atoms with van der Waals surface area (Å²) >= 11 is 0. The number of benzene rings is 1. The van der Waals surface area contributed by atoms with Gasteiger partial charge in [0.2, 0.25) is 5.88 Å². The van der Waals surface area contributed by atoms with Crippen molar-refractivity contribution in [3.8, 4) is 5.88 Å². The Morgan fingerprint density at radius 1 is 1.27 bits per heavy atom. The van der Waals surface area contributed by atoms with E-state index < -0.39 is 12.8 Å². The van der Waals surface area contributed by atoms with Crippen LogP contribution in [0.2, 0.25) is 0 Å². The summed E-state index contributed by atoms with van der Waals surface area (Å²) in [5, 5.41) is 2.73. The van der Waals surface area contributed by atoms with Crippen LogP contribution in [0.5, 0.6) is 5.88 Å². The van der Waals surface area contributed by atoms with Crippen LogP contribution in [0.15, 0.2) is 42.6 Å². The third-order valence-electron chi connectivity index (χ3n) is 4.87. The van der Waals surface area contributed by atoms with Crippen molar-refractivity contribution in [2.45, 2.75) is 24.9 Å². The van der Waals surface area contributed by atoms with Gasteiger partial charge in [-0.1, -0.05) is 12.1 Å². The lowest BCUT2D eigenvalue weighted by Gasteiger charge is -2.31. The number of halogens is 3. The van der Waals surface area contributed by atoms with Gasteiger partial charge < -0.3 is 19.9 Å². The van der Waals surface area contributed by atoms with Gasteiger partial charge in [-0.2, -0.15) is 13.2 Å². The van der Waals surface area contributed by atoms with E-state index >= 15 is 0 Å². The van der Waals surface area contributed by atoms with Crippen LogP contribution in [-0.4, -0.2) is 51.8 Å². The van der Waals surface area contributed by atoms with Crippen molar-refractivity contribution < 1.29 is 22.7 Å². The maximum atomic E-state index is 12.6. The zero-order valence-electron chi connectivity index (χ0n) is 15.9. The number of para-hydroxylation sites is 2. The summed E-state index contributed by atoms with van der Waals surface area (Å²) in [7, 11) is 0. The maximum Gasteiger partial charge on any atom is 0.422 e. The van der Waals surface area contributed by atoms with Gasteiger partial charge in [-0.25, -0.2) is 14.8 Å². The van der Waals surface area contributed by atoms with Crippen LogP contribution in [0.25, 0.3) is 11.0 Å². The number of amides is 2. The molecule has 1 fully saturated rings. The van der Waals surface area contributed by atoms with Crippen LogP contribution in [0.1, 0.15) is 24.6 Å². The highest BCUT2D eigenvalue weighted by Gasteiger charge is 2.29. The van der Waals surface area contributed by atoms with E-state index in [-0.39, 0.29) is 17.8 Å². The number of anilines is 1. The van der Waals surface area contributed by atoms with E-state index in [4.69, 9.17) is 0 Å². The molecular formula is C20H20F3N5O2. The van der Waals surface area contributed by atoms with Gasteiger partial charge in [0.1, 0.15) is 5.82 Å². The molecule has 30 heavy (non-hydrogen) atoms. The number of alkyl halides is 3. The smallest absolute Gasteiger partial charge is 0.422 e. The van der Waals surface area contributed by atoms with Gasteiger partial charge in [-0.05, 0) is 31.0 Å². The predicted molar refractivity (Wildman–Crippen MR) is 104 cm³/mol. The second-order valence-corrected chi connectivity index (χ2v) is 7.14. The molecule has 0 radical (unpaired) electrons. The summed E-state index contributed by atoms with van der Waals surface area (Å²) in [6.07, 6.45) is -1.39. The number of hydrogen-bond acceptors (Lipinski definition) is 4. The minimum atomic E-state index is -4.43. The Labute approximate surface area is 170 Å². The van der Waals surface area contributed by atoms with Crippen LogP contribution in [0.4, 0.5) is 23.7 Å². The number of carbonyl (C=O) groups is 1. The first kappa shape index (κ1) is 20.0. The highest BCUT2D eigenvalue weighted by Crippen LogP contribution is 2.27. The highest BCUT2D eigenvalue weighted by molar-refractivity contribution is 5.89. The number of nitrogens with one attached hydrogen (secondary N) is 2. The SMILES string of the molecule is O=C(Nc1ccc(OCC(F)(F)F)nc1)N1CCC[C@H](c2nc3ccccc3[nH]2)C1. The van der Waals surface area contributed by atoms with E-state index in [0.717, 1.165) is 29.7 Å². The summed E-state index contributed by atoms with van der Waals surface area (Å²) in [4.78, 5) is 26.1. The van der Waals surface area contributed by atoms with E-state index in [9.17, 15) is 18.0 Å². The molecule has 1 saturated heterocycles. The molecule has 3 heterocycles. The van der Waals surface area contributed by atoms with E-state index in [1.807, 2.05) is 24.3 Å². The van der Waals surface area contributed by atoms with E-state index in [0.29, 0.717) is 18.8 Å². The van der Waals surface area contributed by atoms with Gasteiger partial charge in [0.25, 0.3) is 0 Å². The number of aromatic nitrogens is 3. The van der Waals surface area contributed by atoms with Crippen molar-refractivity contribution in [2.75, 3.05) is 25.0 Å². The molecule has 1 atom stereocenters. The number of nitrogens with zero attached hydrogens (tertiary/aromatic N) is 3. The highest BCUT2D eigenvalue weighted by atomic mass is 19.4. The monoisotopic (exact) mass is 419 g/mol. The molecule has 1 aliphatic rings. The van der Waals surface area contributed by atoms with E-state index in [1.165, 1.54) is 18.3 Å². The molecule has 7 nitrogen and oxygen atoms in total. The van der Waals surface area contributed by atoms with Gasteiger partial charge in [-0.3, -0.25) is 0 Å². The summed E-state index contributed by atoms with van der Waals surface area (Å²) in [6.45, 7) is -0.280. The first-order valence-corrected chi connectivity index (χ1v) is 9.53. The Morgan fingerprint density at radius 3 is 2.83 bits per heavy atom. The lowest BCUT2D eigenvalue weighted by Crippen LogP contribution is -2.41. The number of rotatable bonds is 4. The second-order valence-electron chi connectivity index (χ2n) is 7.14. The fourth-order valence-electron chi connectivity index (χ4n) is 3.45. The minimum absolute atomic E-state index is 0.105. The van der Waals surface area contributed by atoms with Gasteiger partial charge in [0.05, 0.1) is 22.9 Å². The minimum Gasteiger partial charge on any atom is -0.468 e. The zero-order valence-corrected chi connectivity index (χ0v) is 15.9. The lowest BCUT2D eigenvalue weighted by molar-refractivity contribution is -0.154. The molecule has 0 saturated carbocycles. The molecule has 2 N–H and O–H groups in total. The number of fused-ring (bicyclic) bond motifs is 1. The number of likely N-dealkylation sites (tertiary alicyclic amines) is 1. The first-order valence-electron chi connectivity index (χ1n) is 9.53. The quantitative estimate of drug-likeness (QED) is 0.660. The number of hydrogen-bond donors (Lipinski definition) is 2. The normalized spacial score (nSPS) is 17.2. The summed E-state index contributed by atoms with van der Waals surface area (Å²) < 4.78 is 41.1. The number of piperidine rings is 1. The van der Waals surface area contributed by atoms with E-state index in [2.05, 4.69) is 25.0 Å². The first-order chi connectivity index (χ1) is 14.4. The predicted octanol–water partition coefficient (Wildman–Crippen LogP) is 4.31. The summed E-state index contributed by atoms with van der Waals surface area (Å²) in [6, 6.07) is 10.2. The molecule has 4 rings (SSSR count). The molecular weight excluding hydrogens is 399 g/mol. The fourth-order valence-corrected chi connectivity index (χ4v) is 3.45. The standard InChI is InChI=1S/C20H20F3N5O2/c21-20(22,23)12-30-17-8-7-14(10-24-17)25-19(29)28-9-3-4-13(11-28)18-26-15-5-1-2-6-16(15)27-18/h1-2,5-8,10,13H,3-4,9,11-12H2,(H,25,29)(H,26,27)/t13-/m0/s1. The third kappa shape index (κ3) is 4.81. The number of pyridine rings is 1. The summed E-state index contributed by atoms with van der Waals surface area (Å²) in [5.74, 6) is 0.808. The Bertz CT molecular complexity index is 986. The van der Waals surface area contributed by atoms with Crippen LogP contribution in [0.3, 0.4) is 0 Å². The van der Waals surface area contributed by atoms with Crippen molar-refractivity contribution in [1.29, 1.82) is 0 Å². The van der Waals surface area contributed by atoms with Crippen LogP contribution in [-0.2, 0) is 0 Å². The molecule has 3 aromatic rings. The number of urea groups is 1. The van der Waals surface area contributed by atoms with Crippen molar-refractivity contribution in [1.82, 2.24) is 19.9 Å². The summed E-state index contributed by atoms with van der Waals surface area (Å²) in [5.41, 5.74) is 2.24. The Balaban J connectivity index is 1.36. The van der Waals surface area contributed by atoms with Gasteiger partial charge in [0, 0.05) is 25.1 Å². The topological polar surface area (TPSA) is 83.1 Å². The molecule has 2 aromatic heterocycles. The Hall–Kier alpha value is -3.30. The Kier molecular flexibility index (Phi) is 5.47. The number of H-pyrrole nitrogens is 1. The van der Waals surface area contributed by atoms with E-state index in [1.54, 1.807) is 4.90 Å². The van der Waals surface area contributed by atoms with Crippen molar-refractivity contribution in [3.05, 3.63) is 48.4 Å². The molecule has 158 valence electrons. The van der Waals surface area contributed by atoms with Crippen LogP contribution >= 0.6 is 0 Å². The molecule has 0 aliphatic carbocycles. The second kappa shape index (κ2) is 8.21. The average molecular weight is 419 g/mol. The zero-order chi connectivity index (χ0) is 21.1. The molecule has 2 amide bonds. The van der Waals surface area contributed by atoms with Gasteiger partial charge in [-0.15, -0.1) is 0 Å². The number of imidazole rings is 1. The number of ether oxygens (including phenoxy) is 1. The molecule has 0 spiro atoms. The van der Waals surface area contributed by atoms with Gasteiger partial charge in [0.15, 0.2) is 6.61 Å². The Morgan fingerprint density at radius 2 is 2.10 bits per heavy atom. The third-order valence-corrected chi connectivity index (χ3v) is 4.87. The van der Waals surface area contributed by atoms with Crippen LogP contribution < -0.4 is 10.1 Å². The number of aromatic amines is 1. The van der Waals surface area contributed by atoms with Crippen LogP contribution in [0, 0.1) is 0 Å². The molecule has 1 aromatic carbocycles. The molecule has 10 heteroatoms. The maximum absolute atomic E-state index is 12.6. The number of carbonyl (C=O) groups excluding carboxylic acids is 1. The average Bonchev–Trinajstić information content (AvgIpc) is 3.17. The van der Waals surface area contributed by atoms with Crippen molar-refractivity contribution in [2.24, 2.45) is 0 Å². The fraction of sp³-hybridized carbons (Fsp3) is 0.350. The van der Waals surface area contributed by atoms with Crippen molar-refractivity contribution >= 4 is 22.8 Å². The molecule has 0 bridgehead atoms. The van der Waals surface area contributed by atoms with Gasteiger partial charge >= 0.3 is 12.2 Å².